The highest BCUT2D eigenvalue weighted by Gasteiger charge is 2.65. The molecular formula is C30H48O5S. The summed E-state index contributed by atoms with van der Waals surface area (Å²) in [4.78, 5) is 36.2. The second-order valence-corrected chi connectivity index (χ2v) is 14.2. The summed E-state index contributed by atoms with van der Waals surface area (Å²) in [6.45, 7) is 12.4. The number of rotatable bonds is 7. The van der Waals surface area contributed by atoms with Crippen LogP contribution >= 0.6 is 11.8 Å². The zero-order valence-electron chi connectivity index (χ0n) is 23.3. The van der Waals surface area contributed by atoms with Crippen LogP contribution < -0.4 is 0 Å². The summed E-state index contributed by atoms with van der Waals surface area (Å²) < 4.78 is 11.9. The molecule has 4 aliphatic carbocycles. The monoisotopic (exact) mass is 520 g/mol. The molecule has 4 saturated carbocycles. The van der Waals surface area contributed by atoms with Crippen LogP contribution in [0.5, 0.6) is 0 Å². The molecular weight excluding hydrogens is 472 g/mol. The van der Waals surface area contributed by atoms with Crippen LogP contribution in [0.2, 0.25) is 0 Å². The molecule has 4 aliphatic rings. The topological polar surface area (TPSA) is 69.7 Å². The molecule has 6 heteroatoms. The second kappa shape index (κ2) is 11.0. The van der Waals surface area contributed by atoms with Gasteiger partial charge in [0.25, 0.3) is 0 Å². The Hall–Kier alpha value is -1.04. The Labute approximate surface area is 222 Å². The minimum absolute atomic E-state index is 0.0225. The first kappa shape index (κ1) is 28.0. The SMILES string of the molecule is CCSC(=O)CC[C@@H](C)[C@H]1CC[C@H]2[C@@H]3CCC4CC(OC(C)=O)CC[C@]4(C)[C@H]3CC(OC(C)=O)[C@]12C. The number of thioether (sulfide) groups is 1. The van der Waals surface area contributed by atoms with Gasteiger partial charge in [0.2, 0.25) is 0 Å². The minimum Gasteiger partial charge on any atom is -0.463 e. The Morgan fingerprint density at radius 2 is 1.67 bits per heavy atom. The molecule has 0 bridgehead atoms. The van der Waals surface area contributed by atoms with Gasteiger partial charge in [0.1, 0.15) is 12.2 Å². The van der Waals surface area contributed by atoms with Crippen molar-refractivity contribution in [3.8, 4) is 0 Å². The van der Waals surface area contributed by atoms with Crippen molar-refractivity contribution in [1.82, 2.24) is 0 Å². The first-order valence-corrected chi connectivity index (χ1v) is 15.5. The van der Waals surface area contributed by atoms with E-state index in [4.69, 9.17) is 9.47 Å². The van der Waals surface area contributed by atoms with E-state index in [9.17, 15) is 14.4 Å². The molecule has 0 N–H and O–H groups in total. The Balaban J connectivity index is 1.56. The molecule has 204 valence electrons. The molecule has 36 heavy (non-hydrogen) atoms. The van der Waals surface area contributed by atoms with Crippen LogP contribution in [0.1, 0.15) is 106 Å². The van der Waals surface area contributed by atoms with Crippen molar-refractivity contribution in [2.45, 2.75) is 118 Å². The number of hydrogen-bond donors (Lipinski definition) is 0. The summed E-state index contributed by atoms with van der Waals surface area (Å²) in [5, 5.41) is 0.305. The summed E-state index contributed by atoms with van der Waals surface area (Å²) in [6.07, 6.45) is 10.4. The number of fused-ring (bicyclic) bond motifs is 5. The molecule has 0 saturated heterocycles. The van der Waals surface area contributed by atoms with Gasteiger partial charge in [0, 0.05) is 25.7 Å². The maximum Gasteiger partial charge on any atom is 0.302 e. The fourth-order valence-electron chi connectivity index (χ4n) is 9.61. The number of hydrogen-bond acceptors (Lipinski definition) is 6. The quantitative estimate of drug-likeness (QED) is 0.343. The molecule has 0 heterocycles. The van der Waals surface area contributed by atoms with Gasteiger partial charge in [-0.3, -0.25) is 14.4 Å². The standard InChI is InChI=1S/C30H48O5S/c1-7-36-28(33)13-8-18(2)24-11-12-25-23-10-9-21-16-22(34-19(3)31)14-15-29(21,5)26(23)17-27(30(24,25)6)35-20(4)32/h18,21-27H,7-17H2,1-6H3/t18-,21?,22?,23+,24-,25+,26+,27?,29+,30-/m1/s1. The van der Waals surface area contributed by atoms with Crippen molar-refractivity contribution < 1.29 is 23.9 Å². The third-order valence-electron chi connectivity index (χ3n) is 11.2. The zero-order valence-corrected chi connectivity index (χ0v) is 24.2. The second-order valence-electron chi connectivity index (χ2n) is 12.9. The van der Waals surface area contributed by atoms with Crippen LogP contribution in [0.4, 0.5) is 0 Å². The smallest absolute Gasteiger partial charge is 0.302 e. The van der Waals surface area contributed by atoms with E-state index in [0.29, 0.717) is 47.0 Å². The number of esters is 2. The van der Waals surface area contributed by atoms with Crippen LogP contribution in [0.3, 0.4) is 0 Å². The Kier molecular flexibility index (Phi) is 8.54. The lowest BCUT2D eigenvalue weighted by Crippen LogP contribution is -2.59. The first-order valence-electron chi connectivity index (χ1n) is 14.5. The summed E-state index contributed by atoms with van der Waals surface area (Å²) in [5.41, 5.74) is 0.193. The fraction of sp³-hybridized carbons (Fsp3) is 0.900. The molecule has 4 fully saturated rings. The van der Waals surface area contributed by atoms with Gasteiger partial charge in [-0.25, -0.2) is 0 Å². The van der Waals surface area contributed by atoms with Crippen molar-refractivity contribution in [1.29, 1.82) is 0 Å². The molecule has 0 aliphatic heterocycles. The molecule has 0 aromatic carbocycles. The van der Waals surface area contributed by atoms with E-state index in [2.05, 4.69) is 20.8 Å². The molecule has 10 atom stereocenters. The third kappa shape index (κ3) is 5.14. The van der Waals surface area contributed by atoms with Crippen LogP contribution in [-0.4, -0.2) is 35.0 Å². The van der Waals surface area contributed by atoms with E-state index >= 15 is 0 Å². The summed E-state index contributed by atoms with van der Waals surface area (Å²) >= 11 is 1.44. The summed E-state index contributed by atoms with van der Waals surface area (Å²) in [5.74, 6) is 3.80. The molecule has 0 radical (unpaired) electrons. The first-order chi connectivity index (χ1) is 17.0. The highest BCUT2D eigenvalue weighted by Crippen LogP contribution is 2.69. The van der Waals surface area contributed by atoms with Crippen molar-refractivity contribution in [3.05, 3.63) is 0 Å². The average Bonchev–Trinajstić information content (AvgIpc) is 3.16. The highest BCUT2D eigenvalue weighted by molar-refractivity contribution is 8.13. The average molecular weight is 521 g/mol. The number of carbonyl (C=O) groups is 3. The van der Waals surface area contributed by atoms with Gasteiger partial charge in [-0.2, -0.15) is 0 Å². The molecule has 0 spiro atoms. The molecule has 0 aromatic rings. The molecule has 5 nitrogen and oxygen atoms in total. The molecule has 0 aromatic heterocycles. The zero-order chi connectivity index (χ0) is 26.3. The van der Waals surface area contributed by atoms with E-state index in [1.165, 1.54) is 44.4 Å². The van der Waals surface area contributed by atoms with Crippen molar-refractivity contribution in [3.63, 3.8) is 0 Å². The highest BCUT2D eigenvalue weighted by atomic mass is 32.2. The Morgan fingerprint density at radius 1 is 0.944 bits per heavy atom. The largest absolute Gasteiger partial charge is 0.463 e. The predicted molar refractivity (Wildman–Crippen MR) is 143 cm³/mol. The van der Waals surface area contributed by atoms with E-state index in [1.807, 2.05) is 6.92 Å². The van der Waals surface area contributed by atoms with Gasteiger partial charge in [0.15, 0.2) is 5.12 Å². The lowest BCUT2D eigenvalue weighted by atomic mass is 9.43. The van der Waals surface area contributed by atoms with Gasteiger partial charge < -0.3 is 9.47 Å². The predicted octanol–water partition coefficient (Wildman–Crippen LogP) is 6.81. The van der Waals surface area contributed by atoms with E-state index in [-0.39, 0.29) is 35.0 Å². The lowest BCUT2D eigenvalue weighted by molar-refractivity contribution is -0.197. The van der Waals surface area contributed by atoms with Gasteiger partial charge in [0.05, 0.1) is 0 Å². The normalized spacial score (nSPS) is 42.4. The fourth-order valence-corrected chi connectivity index (χ4v) is 10.2. The van der Waals surface area contributed by atoms with E-state index < -0.39 is 0 Å². The molecule has 4 rings (SSSR count). The number of ether oxygens (including phenoxy) is 2. The van der Waals surface area contributed by atoms with E-state index in [1.54, 1.807) is 6.92 Å². The lowest BCUT2D eigenvalue weighted by Gasteiger charge is -2.62. The summed E-state index contributed by atoms with van der Waals surface area (Å²) in [6, 6.07) is 0. The van der Waals surface area contributed by atoms with Gasteiger partial charge in [-0.15, -0.1) is 0 Å². The maximum absolute atomic E-state index is 12.4. The van der Waals surface area contributed by atoms with Crippen LogP contribution in [0.25, 0.3) is 0 Å². The van der Waals surface area contributed by atoms with Crippen LogP contribution in [0.15, 0.2) is 0 Å². The van der Waals surface area contributed by atoms with Gasteiger partial charge in [-0.05, 0) is 104 Å². The minimum atomic E-state index is -0.165. The number of carbonyl (C=O) groups excluding carboxylic acids is 3. The van der Waals surface area contributed by atoms with Crippen molar-refractivity contribution >= 4 is 28.8 Å². The van der Waals surface area contributed by atoms with Crippen LogP contribution in [0, 0.1) is 46.3 Å². The molecule has 0 amide bonds. The summed E-state index contributed by atoms with van der Waals surface area (Å²) in [7, 11) is 0. The van der Waals surface area contributed by atoms with Crippen molar-refractivity contribution in [2.24, 2.45) is 46.3 Å². The third-order valence-corrected chi connectivity index (χ3v) is 12.0. The van der Waals surface area contributed by atoms with Gasteiger partial charge in [-0.1, -0.05) is 39.5 Å². The Bertz CT molecular complexity index is 843. The molecule has 3 unspecified atom stereocenters. The maximum atomic E-state index is 12.4. The Morgan fingerprint density at radius 3 is 2.33 bits per heavy atom. The van der Waals surface area contributed by atoms with E-state index in [0.717, 1.165) is 37.9 Å². The van der Waals surface area contributed by atoms with Crippen molar-refractivity contribution in [2.75, 3.05) is 5.75 Å². The van der Waals surface area contributed by atoms with Gasteiger partial charge >= 0.3 is 11.9 Å². The van der Waals surface area contributed by atoms with Crippen LogP contribution in [-0.2, 0) is 23.9 Å².